The third kappa shape index (κ3) is 12.4. The number of phenolic OH excluding ortho intramolecular Hbond substituents is 3. The molecule has 42 heteroatoms. The lowest BCUT2D eigenvalue weighted by Crippen LogP contribution is -2.12. The Hall–Kier alpha value is -8.73. The maximum atomic E-state index is 13.3. The van der Waals surface area contributed by atoms with Crippen LogP contribution in [0.5, 0.6) is 23.0 Å². The van der Waals surface area contributed by atoms with E-state index in [9.17, 15) is 102 Å². The van der Waals surface area contributed by atoms with Crippen molar-refractivity contribution in [3.63, 3.8) is 0 Å². The predicted octanol–water partition coefficient (Wildman–Crippen LogP) is 7.57. The third-order valence-electron chi connectivity index (χ3n) is 11.6. The lowest BCUT2D eigenvalue weighted by molar-refractivity contribution is 0.333. The van der Waals surface area contributed by atoms with Crippen LogP contribution >= 0.6 is 0 Å². The number of azo groups is 4. The van der Waals surface area contributed by atoms with E-state index in [2.05, 4.69) is 45.2 Å². The van der Waals surface area contributed by atoms with E-state index >= 15 is 0 Å². The Bertz CT molecular complexity index is 5220. The zero-order valence-electron chi connectivity index (χ0n) is 41.4. The molecule has 0 saturated heterocycles. The van der Waals surface area contributed by atoms with Gasteiger partial charge in [0.2, 0.25) is 0 Å². The minimum atomic E-state index is -5.75. The molecular formula is C43H32N10O25S7. The highest BCUT2D eigenvalue weighted by molar-refractivity contribution is 7.88. The Morgan fingerprint density at radius 1 is 0.400 bits per heavy atom. The van der Waals surface area contributed by atoms with Crippen molar-refractivity contribution in [1.29, 1.82) is 0 Å². The van der Waals surface area contributed by atoms with Gasteiger partial charge in [-0.2, -0.15) is 74.2 Å². The van der Waals surface area contributed by atoms with Crippen LogP contribution in [-0.2, 0) is 75.1 Å². The molecule has 0 radical (unpaired) electrons. The average Bonchev–Trinajstić information content (AvgIpc) is 2.49. The lowest BCUT2D eigenvalue weighted by Gasteiger charge is -2.15. The van der Waals surface area contributed by atoms with E-state index < -0.39 is 189 Å². The molecule has 0 saturated carbocycles. The van der Waals surface area contributed by atoms with Crippen LogP contribution in [-0.4, -0.2) is 109 Å². The zero-order valence-corrected chi connectivity index (χ0v) is 47.1. The number of nitrogens with two attached hydrogens (primary N) is 2. The van der Waals surface area contributed by atoms with Crippen LogP contribution in [0.15, 0.2) is 172 Å². The third-order valence-corrected chi connectivity index (χ3v) is 18.1. The summed E-state index contributed by atoms with van der Waals surface area (Å²) in [5.74, 6) is 1.24. The van der Waals surface area contributed by atoms with Gasteiger partial charge in [0.1, 0.15) is 79.8 Å². The number of aromatic hydroxyl groups is 3. The number of ether oxygens (including phenoxy) is 1. The van der Waals surface area contributed by atoms with Crippen LogP contribution in [0.4, 0.5) is 51.2 Å². The maximum Gasteiger partial charge on any atom is 0.315 e. The molecule has 0 aliphatic rings. The van der Waals surface area contributed by atoms with Crippen molar-refractivity contribution in [3.05, 3.63) is 97.1 Å². The number of fused-ring (bicyclic) bond motifs is 3. The predicted molar refractivity (Wildman–Crippen MR) is 289 cm³/mol. The molecule has 446 valence electrons. The number of nitrogens with zero attached hydrogens (tertiary/aromatic N) is 8. The maximum absolute atomic E-state index is 13.3. The molecule has 0 aliphatic heterocycles. The first-order valence-electron chi connectivity index (χ1n) is 21.9. The summed E-state index contributed by atoms with van der Waals surface area (Å²) < 4.78 is 247. The molecule has 8 aromatic rings. The number of phenols is 3. The van der Waals surface area contributed by atoms with Gasteiger partial charge in [0.05, 0.1) is 23.9 Å². The van der Waals surface area contributed by atoms with Crippen LogP contribution in [0.25, 0.3) is 32.3 Å². The first-order chi connectivity index (χ1) is 39.3. The summed E-state index contributed by atoms with van der Waals surface area (Å²) in [4.78, 5) is -8.34. The smallest absolute Gasteiger partial charge is 0.315 e. The van der Waals surface area contributed by atoms with Crippen LogP contribution in [0.2, 0.25) is 0 Å². The molecule has 85 heavy (non-hydrogen) atoms. The molecular weight excluding hydrogens is 1280 g/mol. The van der Waals surface area contributed by atoms with Gasteiger partial charge >= 0.3 is 10.1 Å². The van der Waals surface area contributed by atoms with Crippen molar-refractivity contribution < 1.29 is 111 Å². The van der Waals surface area contributed by atoms with Gasteiger partial charge in [0.25, 0.3) is 60.7 Å². The van der Waals surface area contributed by atoms with E-state index in [0.29, 0.717) is 24.3 Å². The summed E-state index contributed by atoms with van der Waals surface area (Å²) in [6.07, 6.45) is 0. The van der Waals surface area contributed by atoms with E-state index in [4.69, 9.17) is 16.4 Å². The average molecular weight is 1310 g/mol. The Morgan fingerprint density at radius 2 is 0.859 bits per heavy atom. The summed E-state index contributed by atoms with van der Waals surface area (Å²) in [5.41, 5.74) is -1.82. The van der Waals surface area contributed by atoms with Crippen molar-refractivity contribution >= 4 is 154 Å². The van der Waals surface area contributed by atoms with Crippen molar-refractivity contribution in [1.82, 2.24) is 0 Å². The number of hydrogen-bond donors (Lipinski definition) is 11. The number of nitrogen functional groups attached to an aromatic ring is 1. The Balaban J connectivity index is 1.28. The molecule has 0 spiro atoms. The Kier molecular flexibility index (Phi) is 16.2. The summed E-state index contributed by atoms with van der Waals surface area (Å²) in [5, 5.41) is 59.6. The molecule has 8 aromatic carbocycles. The molecule has 0 amide bonds. The van der Waals surface area contributed by atoms with Crippen molar-refractivity contribution in [2.24, 2.45) is 46.8 Å². The molecule has 0 fully saturated rings. The molecule has 35 nitrogen and oxygen atoms in total. The standard InChI is InChI=1S/C43H32N10O25S7/c1-77-21-7-10-26(29(16-21)80(60,61)62)48-53-38-32(83(69,70)71)17-24-23(41(38)55)9-11-27(43(24)84(72,73)74)49-50-36-33(85(75,76)78-45)15-19-14-31(82(66,67)68)39(42(56)34(19)35(36)44)51-46-20-6-8-22-18(12-20)13-30(81(63,64)65)37(40(22)54)52-47-25-4-2-3-5-28(25)79(57,58)59/h2-17,54-56H,44-45H2,1H3,(H,57,58,59)(H,60,61,62)(H,63,64,65)(H,66,67,68)(H,69,70,71)(H,72,73,74). The summed E-state index contributed by atoms with van der Waals surface area (Å²) in [6.45, 7) is 0. The normalized spacial score (nSPS) is 13.4. The van der Waals surface area contributed by atoms with Gasteiger partial charge in [0, 0.05) is 22.2 Å². The second-order valence-corrected chi connectivity index (χ2v) is 26.7. The van der Waals surface area contributed by atoms with E-state index in [1.165, 1.54) is 12.1 Å². The van der Waals surface area contributed by atoms with Crippen molar-refractivity contribution in [2.75, 3.05) is 12.8 Å². The highest BCUT2D eigenvalue weighted by atomic mass is 32.2. The lowest BCUT2D eigenvalue weighted by atomic mass is 10.0. The number of rotatable bonds is 17. The van der Waals surface area contributed by atoms with Gasteiger partial charge in [-0.25, -0.2) is 0 Å². The first kappa shape index (κ1) is 62.3. The fraction of sp³-hybridized carbons (Fsp3) is 0.0233. The topological polar surface area (TPSA) is 590 Å². The van der Waals surface area contributed by atoms with Crippen molar-refractivity contribution in [2.45, 2.75) is 34.3 Å². The Labute approximate surface area is 476 Å². The van der Waals surface area contributed by atoms with Crippen LogP contribution in [0.3, 0.4) is 0 Å². The monoisotopic (exact) mass is 1310 g/mol. The fourth-order valence-corrected chi connectivity index (χ4v) is 12.8. The molecule has 0 heterocycles. The van der Waals surface area contributed by atoms with E-state index in [1.807, 2.05) is 0 Å². The minimum Gasteiger partial charge on any atom is -0.505 e. The zero-order chi connectivity index (χ0) is 62.9. The molecule has 8 rings (SSSR count). The second kappa shape index (κ2) is 22.0. The van der Waals surface area contributed by atoms with Gasteiger partial charge in [-0.3, -0.25) is 27.3 Å². The van der Waals surface area contributed by atoms with Gasteiger partial charge < -0.3 is 25.8 Å². The highest BCUT2D eigenvalue weighted by Gasteiger charge is 2.32. The molecule has 0 atom stereocenters. The largest absolute Gasteiger partial charge is 0.505 e. The molecule has 0 bridgehead atoms. The summed E-state index contributed by atoms with van der Waals surface area (Å²) >= 11 is 0. The second-order valence-electron chi connectivity index (χ2n) is 16.9. The van der Waals surface area contributed by atoms with E-state index in [-0.39, 0.29) is 22.2 Å². The van der Waals surface area contributed by atoms with Crippen LogP contribution in [0.1, 0.15) is 0 Å². The number of hydrogen-bond acceptors (Lipinski definition) is 29. The molecule has 0 unspecified atom stereocenters. The molecule has 0 aliphatic carbocycles. The summed E-state index contributed by atoms with van der Waals surface area (Å²) in [7, 11) is -36.5. The van der Waals surface area contributed by atoms with Crippen LogP contribution in [0, 0.1) is 0 Å². The first-order valence-corrected chi connectivity index (χ1v) is 32.0. The molecule has 13 N–H and O–H groups in total. The SMILES string of the molecule is COc1ccc(N=Nc2c(S(=O)(=O)O)cc3c(S(=O)(=O)O)c(N=Nc4c(S(=O)(=O)ON)cc5cc(S(=O)(=O)O)c(N=Nc6ccc7c(O)c(N=Nc8ccccc8S(=O)(=O)O)c(S(=O)(=O)O)cc7c6)c(O)c5c4N)ccc3c2O)c(S(=O)(=O)O)c1. The summed E-state index contributed by atoms with van der Waals surface area (Å²) in [6, 6.07) is 13.7. The van der Waals surface area contributed by atoms with Gasteiger partial charge in [-0.05, 0) is 89.6 Å². The highest BCUT2D eigenvalue weighted by Crippen LogP contribution is 2.51. The number of methoxy groups -OCH3 is 1. The van der Waals surface area contributed by atoms with Gasteiger partial charge in [-0.1, -0.05) is 12.1 Å². The van der Waals surface area contributed by atoms with E-state index in [1.54, 1.807) is 0 Å². The fourth-order valence-electron chi connectivity index (χ4n) is 7.96. The number of benzene rings is 8. The van der Waals surface area contributed by atoms with E-state index in [0.717, 1.165) is 67.8 Å². The van der Waals surface area contributed by atoms with Crippen molar-refractivity contribution in [3.8, 4) is 23.0 Å². The van der Waals surface area contributed by atoms with Gasteiger partial charge in [0.15, 0.2) is 17.2 Å². The molecule has 0 aromatic heterocycles. The Morgan fingerprint density at radius 3 is 1.41 bits per heavy atom. The van der Waals surface area contributed by atoms with Crippen LogP contribution < -0.4 is 16.4 Å². The quantitative estimate of drug-likeness (QED) is 0.0181. The number of anilines is 1. The minimum absolute atomic E-state index is 0.123. The van der Waals surface area contributed by atoms with Gasteiger partial charge in [-0.15, -0.1) is 35.8 Å².